The van der Waals surface area contributed by atoms with Gasteiger partial charge in [0.05, 0.1) is 12.7 Å². The molecule has 0 bridgehead atoms. The number of carbonyl (C=O) groups excluding carboxylic acids is 1. The summed E-state index contributed by atoms with van der Waals surface area (Å²) in [7, 11) is 0. The predicted molar refractivity (Wildman–Crippen MR) is 101 cm³/mol. The van der Waals surface area contributed by atoms with Gasteiger partial charge in [0.2, 0.25) is 0 Å². The molecule has 26 heavy (non-hydrogen) atoms. The first-order chi connectivity index (χ1) is 12.7. The van der Waals surface area contributed by atoms with E-state index < -0.39 is 0 Å². The molecule has 3 rings (SSSR count). The summed E-state index contributed by atoms with van der Waals surface area (Å²) in [5.74, 6) is 0.655. The monoisotopic (exact) mass is 354 g/mol. The molecule has 2 aromatic rings. The van der Waals surface area contributed by atoms with E-state index in [1.165, 1.54) is 5.56 Å². The van der Waals surface area contributed by atoms with Crippen LogP contribution in [0.4, 0.5) is 0 Å². The second-order valence-electron chi connectivity index (χ2n) is 6.47. The Labute approximate surface area is 154 Å². The number of ether oxygens (including phenoxy) is 2. The molecule has 1 unspecified atom stereocenters. The van der Waals surface area contributed by atoms with Crippen LogP contribution in [0.5, 0.6) is 5.75 Å². The molecule has 1 fully saturated rings. The lowest BCUT2D eigenvalue weighted by Gasteiger charge is -2.33. The smallest absolute Gasteiger partial charge is 0.257 e. The molecule has 1 aliphatic heterocycles. The molecule has 1 heterocycles. The van der Waals surface area contributed by atoms with E-state index in [1.807, 2.05) is 49.4 Å². The standard InChI is InChI=1S/C21H26N2O3/c1-17-7-5-6-10-19(17)26-16-21(24)22-11-12-23-13-14-25-20(15-23)18-8-3-2-4-9-18/h2-10,20H,11-16H2,1H3,(H,22,24). The topological polar surface area (TPSA) is 50.8 Å². The third-order valence-electron chi connectivity index (χ3n) is 4.52. The van der Waals surface area contributed by atoms with E-state index in [1.54, 1.807) is 0 Å². The van der Waals surface area contributed by atoms with Gasteiger partial charge in [-0.05, 0) is 24.1 Å². The number of aryl methyl sites for hydroxylation is 1. The minimum absolute atomic E-state index is 0.0423. The number of amides is 1. The van der Waals surface area contributed by atoms with Crippen molar-refractivity contribution in [2.45, 2.75) is 13.0 Å². The highest BCUT2D eigenvalue weighted by Gasteiger charge is 2.21. The molecule has 1 amide bonds. The Bertz CT molecular complexity index is 705. The van der Waals surface area contributed by atoms with E-state index >= 15 is 0 Å². The number of nitrogens with zero attached hydrogens (tertiary/aromatic N) is 1. The van der Waals surface area contributed by atoms with Crippen molar-refractivity contribution in [1.82, 2.24) is 10.2 Å². The third kappa shape index (κ3) is 5.31. The van der Waals surface area contributed by atoms with Gasteiger partial charge < -0.3 is 14.8 Å². The first-order valence-corrected chi connectivity index (χ1v) is 9.06. The molecule has 0 saturated carbocycles. The largest absolute Gasteiger partial charge is 0.484 e. The van der Waals surface area contributed by atoms with Crippen molar-refractivity contribution in [3.63, 3.8) is 0 Å². The molecule has 0 aromatic heterocycles. The number of hydrogen-bond donors (Lipinski definition) is 1. The fraction of sp³-hybridized carbons (Fsp3) is 0.381. The van der Waals surface area contributed by atoms with Crippen molar-refractivity contribution in [1.29, 1.82) is 0 Å². The lowest BCUT2D eigenvalue weighted by atomic mass is 10.1. The number of morpholine rings is 1. The van der Waals surface area contributed by atoms with Crippen LogP contribution in [0.2, 0.25) is 0 Å². The maximum absolute atomic E-state index is 12.0. The van der Waals surface area contributed by atoms with Crippen LogP contribution >= 0.6 is 0 Å². The molecule has 1 aliphatic rings. The normalized spacial score (nSPS) is 17.7. The maximum atomic E-state index is 12.0. The van der Waals surface area contributed by atoms with Gasteiger partial charge in [-0.2, -0.15) is 0 Å². The molecule has 5 nitrogen and oxygen atoms in total. The van der Waals surface area contributed by atoms with E-state index in [0.29, 0.717) is 13.2 Å². The summed E-state index contributed by atoms with van der Waals surface area (Å²) in [4.78, 5) is 14.3. The van der Waals surface area contributed by atoms with E-state index in [2.05, 4.69) is 22.3 Å². The summed E-state index contributed by atoms with van der Waals surface area (Å²) in [5, 5.41) is 2.93. The highest BCUT2D eigenvalue weighted by atomic mass is 16.5. The number of para-hydroxylation sites is 1. The zero-order valence-corrected chi connectivity index (χ0v) is 15.2. The van der Waals surface area contributed by atoms with Crippen molar-refractivity contribution in [2.24, 2.45) is 0 Å². The SMILES string of the molecule is Cc1ccccc1OCC(=O)NCCN1CCOC(c2ccccc2)C1. The number of hydrogen-bond acceptors (Lipinski definition) is 4. The molecule has 0 aliphatic carbocycles. The van der Waals surface area contributed by atoms with Gasteiger partial charge >= 0.3 is 0 Å². The first kappa shape index (κ1) is 18.4. The second-order valence-corrected chi connectivity index (χ2v) is 6.47. The van der Waals surface area contributed by atoms with E-state index in [-0.39, 0.29) is 18.6 Å². The third-order valence-corrected chi connectivity index (χ3v) is 4.52. The van der Waals surface area contributed by atoms with Gasteiger partial charge in [0.15, 0.2) is 6.61 Å². The van der Waals surface area contributed by atoms with Crippen molar-refractivity contribution < 1.29 is 14.3 Å². The van der Waals surface area contributed by atoms with Gasteiger partial charge in [0.25, 0.3) is 5.91 Å². The van der Waals surface area contributed by atoms with Gasteiger partial charge in [0, 0.05) is 26.2 Å². The number of carbonyl (C=O) groups is 1. The van der Waals surface area contributed by atoms with Crippen molar-refractivity contribution in [3.8, 4) is 5.75 Å². The lowest BCUT2D eigenvalue weighted by molar-refractivity contribution is -0.123. The second kappa shape index (κ2) is 9.36. The highest BCUT2D eigenvalue weighted by molar-refractivity contribution is 5.77. The van der Waals surface area contributed by atoms with Crippen LogP contribution in [0.1, 0.15) is 17.2 Å². The fourth-order valence-corrected chi connectivity index (χ4v) is 3.04. The van der Waals surface area contributed by atoms with Gasteiger partial charge in [-0.3, -0.25) is 9.69 Å². The molecule has 0 radical (unpaired) electrons. The molecule has 138 valence electrons. The van der Waals surface area contributed by atoms with Crippen LogP contribution in [0.25, 0.3) is 0 Å². The Kier molecular flexibility index (Phi) is 6.63. The number of nitrogens with one attached hydrogen (secondary N) is 1. The molecule has 5 heteroatoms. The Balaban J connectivity index is 1.37. The molecule has 1 N–H and O–H groups in total. The van der Waals surface area contributed by atoms with E-state index in [0.717, 1.165) is 30.9 Å². The summed E-state index contributed by atoms with van der Waals surface area (Å²) in [6.45, 7) is 5.87. The van der Waals surface area contributed by atoms with Crippen LogP contribution in [0, 0.1) is 6.92 Å². The average molecular weight is 354 g/mol. The van der Waals surface area contributed by atoms with E-state index in [9.17, 15) is 4.79 Å². The minimum Gasteiger partial charge on any atom is -0.484 e. The Morgan fingerprint density at radius 3 is 2.77 bits per heavy atom. The van der Waals surface area contributed by atoms with Crippen molar-refractivity contribution >= 4 is 5.91 Å². The highest BCUT2D eigenvalue weighted by Crippen LogP contribution is 2.21. The zero-order valence-electron chi connectivity index (χ0n) is 15.2. The number of benzene rings is 2. The number of rotatable bonds is 7. The predicted octanol–water partition coefficient (Wildman–Crippen LogP) is 2.56. The summed E-state index contributed by atoms with van der Waals surface area (Å²) in [5.41, 5.74) is 2.23. The minimum atomic E-state index is -0.0962. The van der Waals surface area contributed by atoms with Gasteiger partial charge in [-0.15, -0.1) is 0 Å². The van der Waals surface area contributed by atoms with Crippen LogP contribution in [-0.2, 0) is 9.53 Å². The molecule has 2 aromatic carbocycles. The van der Waals surface area contributed by atoms with Crippen LogP contribution in [0.15, 0.2) is 54.6 Å². The molecular weight excluding hydrogens is 328 g/mol. The van der Waals surface area contributed by atoms with Crippen LogP contribution in [-0.4, -0.2) is 50.2 Å². The van der Waals surface area contributed by atoms with Crippen molar-refractivity contribution in [2.75, 3.05) is 39.4 Å². The van der Waals surface area contributed by atoms with Crippen LogP contribution in [0.3, 0.4) is 0 Å². The lowest BCUT2D eigenvalue weighted by Crippen LogP contribution is -2.43. The van der Waals surface area contributed by atoms with Gasteiger partial charge in [-0.1, -0.05) is 48.5 Å². The Morgan fingerprint density at radius 2 is 1.96 bits per heavy atom. The Hall–Kier alpha value is -2.37. The van der Waals surface area contributed by atoms with E-state index in [4.69, 9.17) is 9.47 Å². The average Bonchev–Trinajstić information content (AvgIpc) is 2.68. The first-order valence-electron chi connectivity index (χ1n) is 9.06. The quantitative estimate of drug-likeness (QED) is 0.830. The fourth-order valence-electron chi connectivity index (χ4n) is 3.04. The van der Waals surface area contributed by atoms with Gasteiger partial charge in [0.1, 0.15) is 5.75 Å². The summed E-state index contributed by atoms with van der Waals surface area (Å²) < 4.78 is 11.4. The summed E-state index contributed by atoms with van der Waals surface area (Å²) in [6.07, 6.45) is 0.102. The molecule has 0 spiro atoms. The molecule has 1 atom stereocenters. The Morgan fingerprint density at radius 1 is 1.19 bits per heavy atom. The molecular formula is C21H26N2O3. The van der Waals surface area contributed by atoms with Crippen LogP contribution < -0.4 is 10.1 Å². The maximum Gasteiger partial charge on any atom is 0.257 e. The van der Waals surface area contributed by atoms with Gasteiger partial charge in [-0.25, -0.2) is 0 Å². The summed E-state index contributed by atoms with van der Waals surface area (Å²) in [6, 6.07) is 18.0. The zero-order chi connectivity index (χ0) is 18.2. The molecule has 1 saturated heterocycles. The van der Waals surface area contributed by atoms with Crippen molar-refractivity contribution in [3.05, 3.63) is 65.7 Å². The summed E-state index contributed by atoms with van der Waals surface area (Å²) >= 11 is 0.